The molecule has 0 fully saturated rings. The van der Waals surface area contributed by atoms with E-state index in [-0.39, 0.29) is 12.1 Å². The minimum atomic E-state index is -2.54. The van der Waals surface area contributed by atoms with E-state index in [0.29, 0.717) is 17.0 Å². The first kappa shape index (κ1) is 10.8. The summed E-state index contributed by atoms with van der Waals surface area (Å²) in [5, 5.41) is 0. The van der Waals surface area contributed by atoms with Crippen molar-refractivity contribution in [3.63, 3.8) is 0 Å². The zero-order chi connectivity index (χ0) is 10.7. The van der Waals surface area contributed by atoms with Crippen LogP contribution in [0.2, 0.25) is 0 Å². The molecule has 0 atom stereocenters. The summed E-state index contributed by atoms with van der Waals surface area (Å²) in [5.74, 6) is 0.352. The molecule has 0 amide bonds. The van der Waals surface area contributed by atoms with Crippen molar-refractivity contribution < 1.29 is 13.5 Å². The van der Waals surface area contributed by atoms with Gasteiger partial charge < -0.3 is 10.5 Å². The van der Waals surface area contributed by atoms with E-state index in [9.17, 15) is 8.78 Å². The average Bonchev–Trinajstić information content (AvgIpc) is 2.16. The Morgan fingerprint density at radius 1 is 1.57 bits per heavy atom. The molecule has 1 aromatic heterocycles. The van der Waals surface area contributed by atoms with E-state index in [1.165, 1.54) is 7.11 Å². The Hall–Kier alpha value is -1.23. The second-order valence-corrected chi connectivity index (χ2v) is 2.82. The summed E-state index contributed by atoms with van der Waals surface area (Å²) in [6.45, 7) is 1.74. The van der Waals surface area contributed by atoms with Gasteiger partial charge in [0.25, 0.3) is 6.43 Å². The van der Waals surface area contributed by atoms with Crippen LogP contribution in [0.25, 0.3) is 0 Å². The van der Waals surface area contributed by atoms with E-state index in [2.05, 4.69) is 4.98 Å². The van der Waals surface area contributed by atoms with E-state index in [1.807, 2.05) is 0 Å². The summed E-state index contributed by atoms with van der Waals surface area (Å²) in [6, 6.07) is 0. The maximum atomic E-state index is 12.5. The van der Waals surface area contributed by atoms with Crippen LogP contribution in [0.4, 0.5) is 8.78 Å². The molecule has 0 unspecified atom stereocenters. The van der Waals surface area contributed by atoms with Gasteiger partial charge in [-0.25, -0.2) is 8.78 Å². The number of nitrogens with two attached hydrogens (primary N) is 1. The van der Waals surface area contributed by atoms with Crippen LogP contribution < -0.4 is 10.5 Å². The molecule has 2 N–H and O–H groups in total. The van der Waals surface area contributed by atoms with Gasteiger partial charge in [0, 0.05) is 23.9 Å². The fraction of sp³-hybridized carbons (Fsp3) is 0.444. The van der Waals surface area contributed by atoms with Gasteiger partial charge in [-0.2, -0.15) is 0 Å². The maximum Gasteiger partial charge on any atom is 0.265 e. The molecule has 0 radical (unpaired) electrons. The van der Waals surface area contributed by atoms with Crippen molar-refractivity contribution in [1.82, 2.24) is 4.98 Å². The Labute approximate surface area is 80.9 Å². The molecule has 0 aliphatic rings. The van der Waals surface area contributed by atoms with Gasteiger partial charge in [0.1, 0.15) is 5.75 Å². The van der Waals surface area contributed by atoms with Crippen LogP contribution in [0.5, 0.6) is 5.75 Å². The minimum Gasteiger partial charge on any atom is -0.495 e. The fourth-order valence-electron chi connectivity index (χ4n) is 1.29. The third-order valence-electron chi connectivity index (χ3n) is 2.03. The number of rotatable bonds is 3. The first-order chi connectivity index (χ1) is 6.61. The summed E-state index contributed by atoms with van der Waals surface area (Å²) >= 11 is 0. The summed E-state index contributed by atoms with van der Waals surface area (Å²) in [6.07, 6.45) is -1.40. The summed E-state index contributed by atoms with van der Waals surface area (Å²) in [5.41, 5.74) is 6.17. The predicted octanol–water partition coefficient (Wildman–Crippen LogP) is 1.79. The monoisotopic (exact) mass is 202 g/mol. The number of hydrogen-bond donors (Lipinski definition) is 1. The lowest BCUT2D eigenvalue weighted by atomic mass is 10.1. The third-order valence-corrected chi connectivity index (χ3v) is 2.03. The van der Waals surface area contributed by atoms with Crippen molar-refractivity contribution in [3.05, 3.63) is 23.0 Å². The first-order valence-corrected chi connectivity index (χ1v) is 4.12. The van der Waals surface area contributed by atoms with E-state index in [4.69, 9.17) is 10.5 Å². The minimum absolute atomic E-state index is 0.112. The SMILES string of the molecule is COc1c(CN)ncc(C(F)F)c1C. The third kappa shape index (κ3) is 1.82. The molecule has 3 nitrogen and oxygen atoms in total. The number of methoxy groups -OCH3 is 1. The van der Waals surface area contributed by atoms with Crippen molar-refractivity contribution in [1.29, 1.82) is 0 Å². The molecule has 5 heteroatoms. The molecule has 0 saturated heterocycles. The van der Waals surface area contributed by atoms with Gasteiger partial charge >= 0.3 is 0 Å². The van der Waals surface area contributed by atoms with E-state index >= 15 is 0 Å². The predicted molar refractivity (Wildman–Crippen MR) is 48.4 cm³/mol. The summed E-state index contributed by atoms with van der Waals surface area (Å²) in [7, 11) is 1.42. The molecule has 0 saturated carbocycles. The Balaban J connectivity index is 3.27. The van der Waals surface area contributed by atoms with E-state index in [0.717, 1.165) is 6.20 Å². The topological polar surface area (TPSA) is 48.1 Å². The van der Waals surface area contributed by atoms with Crippen LogP contribution in [-0.2, 0) is 6.54 Å². The van der Waals surface area contributed by atoms with Gasteiger partial charge in [0.2, 0.25) is 0 Å². The maximum absolute atomic E-state index is 12.5. The number of hydrogen-bond acceptors (Lipinski definition) is 3. The van der Waals surface area contributed by atoms with E-state index in [1.54, 1.807) is 6.92 Å². The van der Waals surface area contributed by atoms with Crippen LogP contribution in [0.3, 0.4) is 0 Å². The number of nitrogens with zero attached hydrogens (tertiary/aromatic N) is 1. The molecular weight excluding hydrogens is 190 g/mol. The molecule has 1 rings (SSSR count). The Bertz CT molecular complexity index is 329. The van der Waals surface area contributed by atoms with Gasteiger partial charge in [0.05, 0.1) is 12.8 Å². The zero-order valence-corrected chi connectivity index (χ0v) is 8.05. The fourth-order valence-corrected chi connectivity index (χ4v) is 1.29. The molecule has 14 heavy (non-hydrogen) atoms. The number of aromatic nitrogens is 1. The molecule has 1 heterocycles. The highest BCUT2D eigenvalue weighted by Crippen LogP contribution is 2.30. The van der Waals surface area contributed by atoms with Crippen molar-refractivity contribution in [2.75, 3.05) is 7.11 Å². The zero-order valence-electron chi connectivity index (χ0n) is 8.05. The number of pyridine rings is 1. The van der Waals surface area contributed by atoms with Gasteiger partial charge in [-0.3, -0.25) is 4.98 Å². The summed E-state index contributed by atoms with van der Waals surface area (Å²) in [4.78, 5) is 3.82. The normalized spacial score (nSPS) is 10.7. The Morgan fingerprint density at radius 2 is 2.21 bits per heavy atom. The second-order valence-electron chi connectivity index (χ2n) is 2.82. The molecule has 0 spiro atoms. The lowest BCUT2D eigenvalue weighted by Gasteiger charge is -2.12. The van der Waals surface area contributed by atoms with Crippen LogP contribution in [0, 0.1) is 6.92 Å². The molecule has 0 aliphatic carbocycles. The molecule has 0 aliphatic heterocycles. The van der Waals surface area contributed by atoms with Gasteiger partial charge in [-0.15, -0.1) is 0 Å². The molecule has 0 aromatic carbocycles. The molecule has 1 aromatic rings. The number of ether oxygens (including phenoxy) is 1. The largest absolute Gasteiger partial charge is 0.495 e. The molecule has 78 valence electrons. The molecule has 0 bridgehead atoms. The van der Waals surface area contributed by atoms with Crippen LogP contribution >= 0.6 is 0 Å². The smallest absolute Gasteiger partial charge is 0.265 e. The van der Waals surface area contributed by atoms with E-state index < -0.39 is 6.43 Å². The highest BCUT2D eigenvalue weighted by atomic mass is 19.3. The number of alkyl halides is 2. The van der Waals surface area contributed by atoms with Crippen LogP contribution in [0.1, 0.15) is 23.2 Å². The van der Waals surface area contributed by atoms with Crippen molar-refractivity contribution in [2.45, 2.75) is 19.9 Å². The average molecular weight is 202 g/mol. The Kier molecular flexibility index (Phi) is 3.35. The summed E-state index contributed by atoms with van der Waals surface area (Å²) < 4.78 is 29.9. The number of halogens is 2. The van der Waals surface area contributed by atoms with Crippen LogP contribution in [0.15, 0.2) is 6.20 Å². The van der Waals surface area contributed by atoms with Gasteiger partial charge in [0.15, 0.2) is 0 Å². The molecular formula is C9H12F2N2O. The first-order valence-electron chi connectivity index (χ1n) is 4.12. The van der Waals surface area contributed by atoms with Crippen molar-refractivity contribution in [2.24, 2.45) is 5.73 Å². The lowest BCUT2D eigenvalue weighted by molar-refractivity contribution is 0.149. The second kappa shape index (κ2) is 4.32. The standard InChI is InChI=1S/C9H12F2N2O/c1-5-6(9(10)11)4-13-7(3-12)8(5)14-2/h4,9H,3,12H2,1-2H3. The van der Waals surface area contributed by atoms with Crippen LogP contribution in [-0.4, -0.2) is 12.1 Å². The lowest BCUT2D eigenvalue weighted by Crippen LogP contribution is -2.06. The van der Waals surface area contributed by atoms with Gasteiger partial charge in [-0.05, 0) is 6.92 Å². The highest BCUT2D eigenvalue weighted by Gasteiger charge is 2.17. The quantitative estimate of drug-likeness (QED) is 0.812. The van der Waals surface area contributed by atoms with Crippen molar-refractivity contribution in [3.8, 4) is 5.75 Å². The highest BCUT2D eigenvalue weighted by molar-refractivity contribution is 5.41. The Morgan fingerprint density at radius 3 is 2.64 bits per heavy atom. The van der Waals surface area contributed by atoms with Gasteiger partial charge in [-0.1, -0.05) is 0 Å². The van der Waals surface area contributed by atoms with Crippen molar-refractivity contribution >= 4 is 0 Å².